The van der Waals surface area contributed by atoms with Crippen molar-refractivity contribution >= 4 is 17.7 Å². The second-order valence-corrected chi connectivity index (χ2v) is 7.30. The van der Waals surface area contributed by atoms with Gasteiger partial charge in [0.15, 0.2) is 0 Å². The van der Waals surface area contributed by atoms with Gasteiger partial charge in [0, 0.05) is 24.9 Å². The molecule has 0 spiro atoms. The van der Waals surface area contributed by atoms with Crippen LogP contribution in [-0.4, -0.2) is 27.5 Å². The van der Waals surface area contributed by atoms with Gasteiger partial charge in [-0.25, -0.2) is 0 Å². The summed E-state index contributed by atoms with van der Waals surface area (Å²) in [6.45, 7) is 1.06. The fraction of sp³-hybridized carbons (Fsp3) is 0.208. The Labute approximate surface area is 174 Å². The lowest BCUT2D eigenvalue weighted by Gasteiger charge is -2.22. The summed E-state index contributed by atoms with van der Waals surface area (Å²) in [6, 6.07) is 20.5. The summed E-state index contributed by atoms with van der Waals surface area (Å²) in [4.78, 5) is 39.8. The van der Waals surface area contributed by atoms with E-state index in [2.05, 4.69) is 0 Å². The van der Waals surface area contributed by atoms with Gasteiger partial charge in [0.25, 0.3) is 5.91 Å². The summed E-state index contributed by atoms with van der Waals surface area (Å²) in [7, 11) is 0. The normalized spacial score (nSPS) is 13.7. The van der Waals surface area contributed by atoms with Gasteiger partial charge in [-0.3, -0.25) is 19.3 Å². The van der Waals surface area contributed by atoms with Crippen molar-refractivity contribution in [1.29, 1.82) is 0 Å². The van der Waals surface area contributed by atoms with E-state index in [1.54, 1.807) is 41.5 Å². The van der Waals surface area contributed by atoms with Crippen LogP contribution in [0.3, 0.4) is 0 Å². The van der Waals surface area contributed by atoms with Crippen molar-refractivity contribution in [2.75, 3.05) is 0 Å². The van der Waals surface area contributed by atoms with E-state index in [-0.39, 0.29) is 37.1 Å². The molecule has 6 nitrogen and oxygen atoms in total. The highest BCUT2D eigenvalue weighted by Crippen LogP contribution is 2.18. The highest BCUT2D eigenvalue weighted by Gasteiger charge is 2.28. The molecule has 0 radical (unpaired) electrons. The van der Waals surface area contributed by atoms with Gasteiger partial charge in [0.1, 0.15) is 5.76 Å². The molecule has 3 amide bonds. The molecule has 1 aliphatic heterocycles. The van der Waals surface area contributed by atoms with Gasteiger partial charge in [0.05, 0.1) is 19.4 Å². The highest BCUT2D eigenvalue weighted by molar-refractivity contribution is 6.01. The number of likely N-dealkylation sites (tertiary alicyclic amines) is 1. The summed E-state index contributed by atoms with van der Waals surface area (Å²) in [5.41, 5.74) is 2.39. The van der Waals surface area contributed by atoms with Crippen LogP contribution in [0.25, 0.3) is 0 Å². The Bertz CT molecular complexity index is 1010. The summed E-state index contributed by atoms with van der Waals surface area (Å²) in [5, 5.41) is 0. The molecule has 152 valence electrons. The number of amides is 3. The van der Waals surface area contributed by atoms with Crippen molar-refractivity contribution in [2.45, 2.75) is 32.5 Å². The molecule has 0 unspecified atom stereocenters. The van der Waals surface area contributed by atoms with Gasteiger partial charge in [-0.2, -0.15) is 0 Å². The SMILES string of the molecule is O=C(c1ccc(CN2C(=O)CCC2=O)cc1)N(Cc1ccccc1)Cc1ccco1. The molecule has 1 aliphatic rings. The Morgan fingerprint density at radius 1 is 0.833 bits per heavy atom. The number of nitrogens with zero attached hydrogens (tertiary/aromatic N) is 2. The zero-order chi connectivity index (χ0) is 20.9. The molecule has 1 fully saturated rings. The Hall–Kier alpha value is -3.67. The van der Waals surface area contributed by atoms with Gasteiger partial charge in [0.2, 0.25) is 11.8 Å². The van der Waals surface area contributed by atoms with E-state index < -0.39 is 0 Å². The number of imide groups is 1. The molecular formula is C24H22N2O4. The number of benzene rings is 2. The standard InChI is InChI=1S/C24H22N2O4/c27-22-12-13-23(28)26(22)16-19-8-10-20(11-9-19)24(29)25(17-21-7-4-14-30-21)15-18-5-2-1-3-6-18/h1-11,14H,12-13,15-17H2. The number of carbonyl (C=O) groups is 3. The molecule has 6 heteroatoms. The molecule has 4 rings (SSSR count). The minimum Gasteiger partial charge on any atom is -0.467 e. The summed E-state index contributed by atoms with van der Waals surface area (Å²) < 4.78 is 5.44. The molecule has 0 bridgehead atoms. The lowest BCUT2D eigenvalue weighted by atomic mass is 10.1. The van der Waals surface area contributed by atoms with Crippen LogP contribution >= 0.6 is 0 Å². The van der Waals surface area contributed by atoms with Crippen LogP contribution < -0.4 is 0 Å². The third-order valence-electron chi connectivity index (χ3n) is 5.13. The van der Waals surface area contributed by atoms with Crippen molar-refractivity contribution < 1.29 is 18.8 Å². The van der Waals surface area contributed by atoms with Crippen LogP contribution in [-0.2, 0) is 29.2 Å². The maximum Gasteiger partial charge on any atom is 0.254 e. The Kier molecular flexibility index (Phi) is 5.75. The molecular weight excluding hydrogens is 380 g/mol. The molecule has 3 aromatic rings. The monoisotopic (exact) mass is 402 g/mol. The number of carbonyl (C=O) groups excluding carboxylic acids is 3. The van der Waals surface area contributed by atoms with Gasteiger partial charge in [-0.15, -0.1) is 0 Å². The first-order valence-corrected chi connectivity index (χ1v) is 9.88. The molecule has 0 saturated carbocycles. The second kappa shape index (κ2) is 8.78. The van der Waals surface area contributed by atoms with E-state index in [1.807, 2.05) is 36.4 Å². The smallest absolute Gasteiger partial charge is 0.254 e. The van der Waals surface area contributed by atoms with Gasteiger partial charge < -0.3 is 9.32 Å². The first-order valence-electron chi connectivity index (χ1n) is 9.88. The minimum absolute atomic E-state index is 0.116. The van der Waals surface area contributed by atoms with Crippen LogP contribution in [0.5, 0.6) is 0 Å². The average molecular weight is 402 g/mol. The average Bonchev–Trinajstić information content (AvgIpc) is 3.39. The number of rotatable bonds is 7. The third kappa shape index (κ3) is 4.49. The minimum atomic E-state index is -0.146. The molecule has 30 heavy (non-hydrogen) atoms. The third-order valence-corrected chi connectivity index (χ3v) is 5.13. The topological polar surface area (TPSA) is 70.8 Å². The van der Waals surface area contributed by atoms with Crippen LogP contribution in [0, 0.1) is 0 Å². The molecule has 0 N–H and O–H groups in total. The second-order valence-electron chi connectivity index (χ2n) is 7.30. The summed E-state index contributed by atoms with van der Waals surface area (Å²) in [6.07, 6.45) is 2.14. The zero-order valence-electron chi connectivity index (χ0n) is 16.5. The largest absolute Gasteiger partial charge is 0.467 e. The van der Waals surface area contributed by atoms with E-state index >= 15 is 0 Å². The Balaban J connectivity index is 1.50. The molecule has 2 aromatic carbocycles. The van der Waals surface area contributed by atoms with E-state index in [9.17, 15) is 14.4 Å². The summed E-state index contributed by atoms with van der Waals surface area (Å²) in [5.74, 6) is 0.303. The first-order chi connectivity index (χ1) is 14.6. The first kappa shape index (κ1) is 19.6. The van der Waals surface area contributed by atoms with E-state index in [0.29, 0.717) is 24.4 Å². The molecule has 2 heterocycles. The van der Waals surface area contributed by atoms with E-state index in [4.69, 9.17) is 4.42 Å². The van der Waals surface area contributed by atoms with E-state index in [0.717, 1.165) is 11.1 Å². The maximum atomic E-state index is 13.2. The van der Waals surface area contributed by atoms with E-state index in [1.165, 1.54) is 4.90 Å². The molecule has 0 aliphatic carbocycles. The van der Waals surface area contributed by atoms with Gasteiger partial charge in [-0.1, -0.05) is 42.5 Å². The fourth-order valence-electron chi connectivity index (χ4n) is 3.51. The zero-order valence-corrected chi connectivity index (χ0v) is 16.5. The van der Waals surface area contributed by atoms with Gasteiger partial charge in [-0.05, 0) is 35.4 Å². The quantitative estimate of drug-likeness (QED) is 0.564. The number of furan rings is 1. The predicted molar refractivity (Wildman–Crippen MR) is 110 cm³/mol. The van der Waals surface area contributed by atoms with Crippen molar-refractivity contribution in [1.82, 2.24) is 9.80 Å². The maximum absolute atomic E-state index is 13.2. The van der Waals surface area contributed by atoms with Crippen LogP contribution in [0.15, 0.2) is 77.4 Å². The van der Waals surface area contributed by atoms with Crippen molar-refractivity contribution in [3.05, 3.63) is 95.4 Å². The highest BCUT2D eigenvalue weighted by atomic mass is 16.3. The van der Waals surface area contributed by atoms with Crippen LogP contribution in [0.4, 0.5) is 0 Å². The van der Waals surface area contributed by atoms with Crippen LogP contribution in [0.1, 0.15) is 40.1 Å². The lowest BCUT2D eigenvalue weighted by molar-refractivity contribution is -0.139. The fourth-order valence-corrected chi connectivity index (χ4v) is 3.51. The number of hydrogen-bond acceptors (Lipinski definition) is 4. The summed E-state index contributed by atoms with van der Waals surface area (Å²) >= 11 is 0. The van der Waals surface area contributed by atoms with Crippen molar-refractivity contribution in [2.24, 2.45) is 0 Å². The number of hydrogen-bond donors (Lipinski definition) is 0. The Morgan fingerprint density at radius 3 is 2.17 bits per heavy atom. The van der Waals surface area contributed by atoms with Gasteiger partial charge >= 0.3 is 0 Å². The van der Waals surface area contributed by atoms with Crippen molar-refractivity contribution in [3.63, 3.8) is 0 Å². The lowest BCUT2D eigenvalue weighted by Crippen LogP contribution is -2.30. The van der Waals surface area contributed by atoms with Crippen LogP contribution in [0.2, 0.25) is 0 Å². The Morgan fingerprint density at radius 2 is 1.53 bits per heavy atom. The predicted octanol–water partition coefficient (Wildman–Crippen LogP) is 3.77. The van der Waals surface area contributed by atoms with Crippen molar-refractivity contribution in [3.8, 4) is 0 Å². The molecule has 0 atom stereocenters. The molecule has 1 aromatic heterocycles. The molecule has 1 saturated heterocycles.